The zero-order valence-corrected chi connectivity index (χ0v) is 10.4. The molecule has 0 spiro atoms. The largest absolute Gasteiger partial charge is 0.504 e. The van der Waals surface area contributed by atoms with Crippen LogP contribution >= 0.6 is 15.9 Å². The van der Waals surface area contributed by atoms with E-state index in [0.717, 1.165) is 5.69 Å². The zero-order valence-electron chi connectivity index (χ0n) is 8.81. The molecule has 0 bridgehead atoms. The van der Waals surface area contributed by atoms with Gasteiger partial charge in [0, 0.05) is 29.5 Å². The van der Waals surface area contributed by atoms with Crippen LogP contribution in [0.15, 0.2) is 18.2 Å². The molecular formula is C11H12BrNO3. The van der Waals surface area contributed by atoms with E-state index in [9.17, 15) is 9.90 Å². The first-order valence-corrected chi connectivity index (χ1v) is 5.85. The van der Waals surface area contributed by atoms with Gasteiger partial charge in [-0.2, -0.15) is 0 Å². The number of phenolic OH excluding ortho intramolecular Hbond substituents is 1. The fourth-order valence-electron chi connectivity index (χ4n) is 1.75. The zero-order chi connectivity index (χ0) is 11.7. The molecule has 1 saturated heterocycles. The summed E-state index contributed by atoms with van der Waals surface area (Å²) in [5, 5.41) is 9.46. The van der Waals surface area contributed by atoms with Gasteiger partial charge in [-0.05, 0) is 12.1 Å². The summed E-state index contributed by atoms with van der Waals surface area (Å²) in [5.41, 5.74) is 0.751. The summed E-state index contributed by atoms with van der Waals surface area (Å²) in [6.45, 7) is 0.646. The van der Waals surface area contributed by atoms with Crippen molar-refractivity contribution >= 4 is 27.5 Å². The van der Waals surface area contributed by atoms with Crippen LogP contribution in [0.25, 0.3) is 0 Å². The van der Waals surface area contributed by atoms with E-state index in [1.165, 1.54) is 13.2 Å². The number of rotatable bonds is 2. The van der Waals surface area contributed by atoms with Gasteiger partial charge in [-0.25, -0.2) is 0 Å². The molecule has 1 aliphatic rings. The molecular weight excluding hydrogens is 274 g/mol. The summed E-state index contributed by atoms with van der Waals surface area (Å²) in [7, 11) is 1.48. The molecule has 1 N–H and O–H groups in total. The average Bonchev–Trinajstić information content (AvgIpc) is 2.59. The number of ether oxygens (including phenoxy) is 1. The number of phenols is 1. The molecule has 0 aliphatic carbocycles. The Balaban J connectivity index is 2.30. The lowest BCUT2D eigenvalue weighted by molar-refractivity contribution is -0.117. The first-order chi connectivity index (χ1) is 7.61. The molecule has 1 fully saturated rings. The number of carbonyl (C=O) groups excluding carboxylic acids is 1. The van der Waals surface area contributed by atoms with Crippen LogP contribution in [0.5, 0.6) is 11.5 Å². The summed E-state index contributed by atoms with van der Waals surface area (Å²) in [5.74, 6) is 0.534. The van der Waals surface area contributed by atoms with Gasteiger partial charge in [-0.3, -0.25) is 4.79 Å². The lowest BCUT2D eigenvalue weighted by atomic mass is 10.2. The summed E-state index contributed by atoms with van der Waals surface area (Å²) < 4.78 is 5.01. The van der Waals surface area contributed by atoms with Crippen LogP contribution in [0.2, 0.25) is 0 Å². The minimum Gasteiger partial charge on any atom is -0.504 e. The van der Waals surface area contributed by atoms with Crippen molar-refractivity contribution in [2.45, 2.75) is 11.2 Å². The molecule has 0 saturated carbocycles. The van der Waals surface area contributed by atoms with Gasteiger partial charge in [0.25, 0.3) is 0 Å². The van der Waals surface area contributed by atoms with E-state index >= 15 is 0 Å². The van der Waals surface area contributed by atoms with E-state index in [2.05, 4.69) is 15.9 Å². The number of carbonyl (C=O) groups is 1. The monoisotopic (exact) mass is 285 g/mol. The number of methoxy groups -OCH3 is 1. The van der Waals surface area contributed by atoms with Crippen LogP contribution in [0, 0.1) is 0 Å². The smallest absolute Gasteiger partial charge is 0.228 e. The number of aromatic hydroxyl groups is 1. The molecule has 1 aromatic rings. The molecule has 1 heterocycles. The molecule has 1 amide bonds. The van der Waals surface area contributed by atoms with E-state index in [1.807, 2.05) is 0 Å². The third kappa shape index (κ3) is 2.00. The number of anilines is 1. The van der Waals surface area contributed by atoms with Gasteiger partial charge in [-0.1, -0.05) is 15.9 Å². The Morgan fingerprint density at radius 2 is 2.31 bits per heavy atom. The maximum absolute atomic E-state index is 11.7. The SMILES string of the molecule is COc1cc(N2CC(Br)CC2=O)ccc1O. The van der Waals surface area contributed by atoms with Crippen molar-refractivity contribution in [3.05, 3.63) is 18.2 Å². The first-order valence-electron chi connectivity index (χ1n) is 4.93. The maximum atomic E-state index is 11.7. The second-order valence-electron chi connectivity index (χ2n) is 3.66. The molecule has 0 radical (unpaired) electrons. The highest BCUT2D eigenvalue weighted by molar-refractivity contribution is 9.09. The molecule has 86 valence electrons. The fraction of sp³-hybridized carbons (Fsp3) is 0.364. The van der Waals surface area contributed by atoms with E-state index in [0.29, 0.717) is 18.7 Å². The first kappa shape index (κ1) is 11.3. The number of hydrogen-bond acceptors (Lipinski definition) is 3. The highest BCUT2D eigenvalue weighted by Gasteiger charge is 2.29. The fourth-order valence-corrected chi connectivity index (χ4v) is 2.31. The topological polar surface area (TPSA) is 49.8 Å². The van der Waals surface area contributed by atoms with E-state index in [-0.39, 0.29) is 16.5 Å². The molecule has 4 nitrogen and oxygen atoms in total. The quantitative estimate of drug-likeness (QED) is 0.845. The average molecular weight is 286 g/mol. The lowest BCUT2D eigenvalue weighted by Crippen LogP contribution is -2.24. The van der Waals surface area contributed by atoms with Crippen molar-refractivity contribution in [2.75, 3.05) is 18.6 Å². The van der Waals surface area contributed by atoms with Crippen LogP contribution < -0.4 is 9.64 Å². The highest BCUT2D eigenvalue weighted by atomic mass is 79.9. The van der Waals surface area contributed by atoms with Crippen LogP contribution in [0.4, 0.5) is 5.69 Å². The van der Waals surface area contributed by atoms with Crippen LogP contribution in [0.1, 0.15) is 6.42 Å². The lowest BCUT2D eigenvalue weighted by Gasteiger charge is -2.17. The van der Waals surface area contributed by atoms with Crippen molar-refractivity contribution < 1.29 is 14.6 Å². The Kier molecular flexibility index (Phi) is 3.05. The Labute approximate surface area is 102 Å². The molecule has 16 heavy (non-hydrogen) atoms. The van der Waals surface area contributed by atoms with Gasteiger partial charge in [-0.15, -0.1) is 0 Å². The minimum atomic E-state index is 0.0771. The number of benzene rings is 1. The summed E-state index contributed by atoms with van der Waals surface area (Å²) in [6, 6.07) is 4.90. The predicted molar refractivity (Wildman–Crippen MR) is 64.3 cm³/mol. The van der Waals surface area contributed by atoms with Gasteiger partial charge in [0.2, 0.25) is 5.91 Å². The summed E-state index contributed by atoms with van der Waals surface area (Å²) >= 11 is 3.42. The molecule has 5 heteroatoms. The Hall–Kier alpha value is -1.23. The van der Waals surface area contributed by atoms with Crippen molar-refractivity contribution in [1.82, 2.24) is 0 Å². The minimum absolute atomic E-state index is 0.0771. The second-order valence-corrected chi connectivity index (χ2v) is 4.96. The molecule has 1 aliphatic heterocycles. The molecule has 0 aromatic heterocycles. The maximum Gasteiger partial charge on any atom is 0.228 e. The van der Waals surface area contributed by atoms with Gasteiger partial charge >= 0.3 is 0 Å². The Morgan fingerprint density at radius 3 is 2.88 bits per heavy atom. The number of nitrogens with zero attached hydrogens (tertiary/aromatic N) is 1. The summed E-state index contributed by atoms with van der Waals surface area (Å²) in [6.07, 6.45) is 0.503. The predicted octanol–water partition coefficient (Wildman–Crippen LogP) is 1.90. The van der Waals surface area contributed by atoms with Crippen molar-refractivity contribution in [3.8, 4) is 11.5 Å². The van der Waals surface area contributed by atoms with Crippen molar-refractivity contribution in [2.24, 2.45) is 0 Å². The van der Waals surface area contributed by atoms with Gasteiger partial charge in [0.15, 0.2) is 11.5 Å². The van der Waals surface area contributed by atoms with Crippen LogP contribution in [-0.2, 0) is 4.79 Å². The summed E-state index contributed by atoms with van der Waals surface area (Å²) in [4.78, 5) is 13.5. The van der Waals surface area contributed by atoms with E-state index in [4.69, 9.17) is 4.74 Å². The number of amides is 1. The van der Waals surface area contributed by atoms with Gasteiger partial charge in [0.05, 0.1) is 7.11 Å². The van der Waals surface area contributed by atoms with Crippen LogP contribution in [0.3, 0.4) is 0 Å². The van der Waals surface area contributed by atoms with Gasteiger partial charge < -0.3 is 14.7 Å². The van der Waals surface area contributed by atoms with Crippen LogP contribution in [-0.4, -0.2) is 29.5 Å². The number of alkyl halides is 1. The third-order valence-electron chi connectivity index (χ3n) is 2.55. The van der Waals surface area contributed by atoms with E-state index in [1.54, 1.807) is 17.0 Å². The van der Waals surface area contributed by atoms with Crippen molar-refractivity contribution in [1.29, 1.82) is 0 Å². The number of hydrogen-bond donors (Lipinski definition) is 1. The number of halogens is 1. The standard InChI is InChI=1S/C11H12BrNO3/c1-16-10-5-8(2-3-9(10)14)13-6-7(12)4-11(13)15/h2-3,5,7,14H,4,6H2,1H3. The Bertz CT molecular complexity index is 422. The van der Waals surface area contributed by atoms with E-state index < -0.39 is 0 Å². The second kappa shape index (κ2) is 4.33. The van der Waals surface area contributed by atoms with Crippen molar-refractivity contribution in [3.63, 3.8) is 0 Å². The molecule has 1 aromatic carbocycles. The highest BCUT2D eigenvalue weighted by Crippen LogP contribution is 2.33. The molecule has 1 unspecified atom stereocenters. The van der Waals surface area contributed by atoms with Gasteiger partial charge in [0.1, 0.15) is 0 Å². The molecule has 1 atom stereocenters. The third-order valence-corrected chi connectivity index (χ3v) is 3.17. The molecule has 2 rings (SSSR count). The normalized spacial score (nSPS) is 20.2. The Morgan fingerprint density at radius 1 is 1.56 bits per heavy atom.